The van der Waals surface area contributed by atoms with Crippen molar-refractivity contribution in [2.24, 2.45) is 17.6 Å². The predicted octanol–water partition coefficient (Wildman–Crippen LogP) is 3.56. The molecule has 20 heavy (non-hydrogen) atoms. The van der Waals surface area contributed by atoms with Gasteiger partial charge in [-0.05, 0) is 44.6 Å². The zero-order chi connectivity index (χ0) is 14.8. The number of nitrogens with zero attached hydrogens (tertiary/aromatic N) is 1. The summed E-state index contributed by atoms with van der Waals surface area (Å²) in [5.74, 6) is -0.541. The van der Waals surface area contributed by atoms with E-state index in [1.165, 1.54) is 6.42 Å². The van der Waals surface area contributed by atoms with Crippen molar-refractivity contribution in [2.75, 3.05) is 19.6 Å². The molecule has 0 radical (unpaired) electrons. The Balaban J connectivity index is 2.11. The summed E-state index contributed by atoms with van der Waals surface area (Å²) in [5, 5.41) is 0. The average molecular weight is 292 g/mol. The smallest absolute Gasteiger partial charge is 0.329 e. The highest BCUT2D eigenvalue weighted by atomic mass is 19.4. The van der Waals surface area contributed by atoms with Crippen LogP contribution in [0.1, 0.15) is 51.9 Å². The van der Waals surface area contributed by atoms with Gasteiger partial charge in [0.25, 0.3) is 0 Å². The van der Waals surface area contributed by atoms with E-state index in [9.17, 15) is 13.2 Å². The highest BCUT2D eigenvalue weighted by Crippen LogP contribution is 2.44. The summed E-state index contributed by atoms with van der Waals surface area (Å²) < 4.78 is 39.2. The first-order valence-corrected chi connectivity index (χ1v) is 7.93. The van der Waals surface area contributed by atoms with Crippen LogP contribution in [0.5, 0.6) is 0 Å². The molecule has 1 aliphatic heterocycles. The number of rotatable bonds is 3. The van der Waals surface area contributed by atoms with Gasteiger partial charge >= 0.3 is 6.18 Å². The fourth-order valence-corrected chi connectivity index (χ4v) is 4.05. The van der Waals surface area contributed by atoms with E-state index in [2.05, 4.69) is 11.8 Å². The van der Waals surface area contributed by atoms with Crippen LogP contribution in [0, 0.1) is 11.8 Å². The number of nitrogens with two attached hydrogens (primary N) is 1. The van der Waals surface area contributed by atoms with Gasteiger partial charge in [0, 0.05) is 18.6 Å². The predicted molar refractivity (Wildman–Crippen MR) is 74.4 cm³/mol. The van der Waals surface area contributed by atoms with Crippen molar-refractivity contribution >= 4 is 0 Å². The quantitative estimate of drug-likeness (QED) is 0.862. The second-order valence-electron chi connectivity index (χ2n) is 6.63. The highest BCUT2D eigenvalue weighted by Gasteiger charge is 2.49. The molecule has 5 heteroatoms. The summed E-state index contributed by atoms with van der Waals surface area (Å²) >= 11 is 0. The van der Waals surface area contributed by atoms with Crippen molar-refractivity contribution in [3.63, 3.8) is 0 Å². The van der Waals surface area contributed by atoms with Crippen LogP contribution >= 0.6 is 0 Å². The van der Waals surface area contributed by atoms with Gasteiger partial charge in [-0.15, -0.1) is 0 Å². The van der Waals surface area contributed by atoms with E-state index in [4.69, 9.17) is 5.73 Å². The fourth-order valence-electron chi connectivity index (χ4n) is 4.05. The lowest BCUT2D eigenvalue weighted by Gasteiger charge is -2.51. The minimum Gasteiger partial charge on any atom is -0.329 e. The van der Waals surface area contributed by atoms with Gasteiger partial charge in [0.2, 0.25) is 0 Å². The van der Waals surface area contributed by atoms with E-state index in [-0.39, 0.29) is 12.8 Å². The molecule has 3 atom stereocenters. The van der Waals surface area contributed by atoms with Crippen LogP contribution in [0.15, 0.2) is 0 Å². The maximum atomic E-state index is 13.1. The SMILES string of the molecule is CCC1CCCN(C2(CN)CCCC(C(F)(F)F)C2)C1. The third kappa shape index (κ3) is 3.30. The summed E-state index contributed by atoms with van der Waals surface area (Å²) in [7, 11) is 0. The van der Waals surface area contributed by atoms with Gasteiger partial charge in [-0.2, -0.15) is 13.2 Å². The molecule has 0 aromatic rings. The number of alkyl halides is 3. The lowest BCUT2D eigenvalue weighted by Crippen LogP contribution is -2.60. The molecule has 1 saturated carbocycles. The van der Waals surface area contributed by atoms with E-state index in [1.807, 2.05) is 0 Å². The van der Waals surface area contributed by atoms with Gasteiger partial charge in [0.15, 0.2) is 0 Å². The van der Waals surface area contributed by atoms with Gasteiger partial charge in [-0.25, -0.2) is 0 Å². The first kappa shape index (κ1) is 16.1. The lowest BCUT2D eigenvalue weighted by atomic mass is 9.73. The van der Waals surface area contributed by atoms with E-state index < -0.39 is 17.6 Å². The topological polar surface area (TPSA) is 29.3 Å². The zero-order valence-electron chi connectivity index (χ0n) is 12.4. The molecular formula is C15H27F3N2. The van der Waals surface area contributed by atoms with E-state index in [0.717, 1.165) is 32.4 Å². The second kappa shape index (κ2) is 6.22. The number of likely N-dealkylation sites (tertiary alicyclic amines) is 1. The van der Waals surface area contributed by atoms with Crippen LogP contribution in [0.2, 0.25) is 0 Å². The Labute approximate surface area is 119 Å². The number of halogens is 3. The van der Waals surface area contributed by atoms with Gasteiger partial charge in [0.05, 0.1) is 5.92 Å². The Morgan fingerprint density at radius 1 is 1.25 bits per heavy atom. The van der Waals surface area contributed by atoms with Crippen molar-refractivity contribution in [1.82, 2.24) is 4.90 Å². The molecule has 2 aliphatic rings. The highest BCUT2D eigenvalue weighted by molar-refractivity contribution is 4.99. The maximum absolute atomic E-state index is 13.1. The molecule has 3 unspecified atom stereocenters. The van der Waals surface area contributed by atoms with Crippen molar-refractivity contribution in [3.8, 4) is 0 Å². The summed E-state index contributed by atoms with van der Waals surface area (Å²) in [6, 6.07) is 0. The molecule has 0 aromatic heterocycles. The minimum absolute atomic E-state index is 0.198. The fraction of sp³-hybridized carbons (Fsp3) is 1.00. The molecule has 2 nitrogen and oxygen atoms in total. The lowest BCUT2D eigenvalue weighted by molar-refractivity contribution is -0.194. The minimum atomic E-state index is -4.07. The van der Waals surface area contributed by atoms with E-state index in [1.54, 1.807) is 0 Å². The Morgan fingerprint density at radius 3 is 2.60 bits per heavy atom. The first-order valence-electron chi connectivity index (χ1n) is 7.93. The van der Waals surface area contributed by atoms with Crippen LogP contribution in [-0.4, -0.2) is 36.2 Å². The number of piperidine rings is 1. The van der Waals surface area contributed by atoms with Gasteiger partial charge in [0.1, 0.15) is 0 Å². The van der Waals surface area contributed by atoms with E-state index in [0.29, 0.717) is 18.9 Å². The van der Waals surface area contributed by atoms with Crippen LogP contribution in [0.4, 0.5) is 13.2 Å². The molecule has 118 valence electrons. The molecule has 0 amide bonds. The standard InChI is InChI=1S/C15H27F3N2/c1-2-12-5-4-8-20(10-12)14(11-19)7-3-6-13(9-14)15(16,17)18/h12-13H,2-11,19H2,1H3. The van der Waals surface area contributed by atoms with Gasteiger partial charge in [-0.3, -0.25) is 4.90 Å². The van der Waals surface area contributed by atoms with E-state index >= 15 is 0 Å². The van der Waals surface area contributed by atoms with Crippen molar-refractivity contribution in [2.45, 2.75) is 63.6 Å². The normalized spacial score (nSPS) is 37.0. The number of hydrogen-bond acceptors (Lipinski definition) is 2. The second-order valence-corrected chi connectivity index (χ2v) is 6.63. The third-order valence-corrected chi connectivity index (χ3v) is 5.43. The molecule has 1 aliphatic carbocycles. The molecule has 2 rings (SSSR count). The summed E-state index contributed by atoms with van der Waals surface area (Å²) in [6.07, 6.45) is 1.29. The molecular weight excluding hydrogens is 265 g/mol. The molecule has 0 bridgehead atoms. The maximum Gasteiger partial charge on any atom is 0.391 e. The van der Waals surface area contributed by atoms with Crippen LogP contribution < -0.4 is 5.73 Å². The summed E-state index contributed by atoms with van der Waals surface area (Å²) in [5.41, 5.74) is 5.54. The third-order valence-electron chi connectivity index (χ3n) is 5.43. The van der Waals surface area contributed by atoms with Gasteiger partial charge in [-0.1, -0.05) is 19.8 Å². The van der Waals surface area contributed by atoms with Crippen LogP contribution in [-0.2, 0) is 0 Å². The molecule has 2 N–H and O–H groups in total. The summed E-state index contributed by atoms with van der Waals surface area (Å²) in [6.45, 7) is 4.37. The van der Waals surface area contributed by atoms with Crippen molar-refractivity contribution in [3.05, 3.63) is 0 Å². The number of hydrogen-bond donors (Lipinski definition) is 1. The Hall–Kier alpha value is -0.290. The molecule has 0 spiro atoms. The van der Waals surface area contributed by atoms with Crippen molar-refractivity contribution in [1.29, 1.82) is 0 Å². The zero-order valence-corrected chi connectivity index (χ0v) is 12.4. The monoisotopic (exact) mass is 292 g/mol. The molecule has 1 heterocycles. The average Bonchev–Trinajstić information content (AvgIpc) is 2.46. The van der Waals surface area contributed by atoms with Crippen LogP contribution in [0.3, 0.4) is 0 Å². The van der Waals surface area contributed by atoms with Crippen LogP contribution in [0.25, 0.3) is 0 Å². The molecule has 1 saturated heterocycles. The Bertz CT molecular complexity index is 319. The first-order chi connectivity index (χ1) is 9.41. The Morgan fingerprint density at radius 2 is 2.00 bits per heavy atom. The molecule has 2 fully saturated rings. The largest absolute Gasteiger partial charge is 0.391 e. The summed E-state index contributed by atoms with van der Waals surface area (Å²) in [4.78, 5) is 2.29. The Kier molecular flexibility index (Phi) is 5.00. The molecule has 0 aromatic carbocycles. The van der Waals surface area contributed by atoms with Gasteiger partial charge < -0.3 is 5.73 Å². The van der Waals surface area contributed by atoms with Crippen molar-refractivity contribution < 1.29 is 13.2 Å².